The van der Waals surface area contributed by atoms with Gasteiger partial charge in [-0.15, -0.1) is 0 Å². The van der Waals surface area contributed by atoms with Crippen LogP contribution in [-0.2, 0) is 9.53 Å². The Labute approximate surface area is 164 Å². The predicted molar refractivity (Wildman–Crippen MR) is 102 cm³/mol. The van der Waals surface area contributed by atoms with Crippen molar-refractivity contribution in [3.8, 4) is 17.2 Å². The zero-order valence-corrected chi connectivity index (χ0v) is 16.4. The summed E-state index contributed by atoms with van der Waals surface area (Å²) in [4.78, 5) is 24.6. The zero-order chi connectivity index (χ0) is 19.4. The number of anilines is 1. The number of fused-ring (bicyclic) bond motifs is 1. The summed E-state index contributed by atoms with van der Waals surface area (Å²) in [5.74, 6) is 0.724. The molecule has 0 aliphatic carbocycles. The molecule has 8 heteroatoms. The van der Waals surface area contributed by atoms with Gasteiger partial charge >= 0.3 is 5.97 Å². The highest BCUT2D eigenvalue weighted by Gasteiger charge is 2.21. The smallest absolute Gasteiger partial charge is 0.338 e. The number of carbonyl (C=O) groups is 2. The molecule has 0 saturated carbocycles. The van der Waals surface area contributed by atoms with Gasteiger partial charge in [-0.2, -0.15) is 0 Å². The summed E-state index contributed by atoms with van der Waals surface area (Å²) in [6, 6.07) is 9.86. The summed E-state index contributed by atoms with van der Waals surface area (Å²) >= 11 is 3.31. The highest BCUT2D eigenvalue weighted by Crippen LogP contribution is 2.32. The molecule has 1 heterocycles. The topological polar surface area (TPSA) is 83.1 Å². The number of benzene rings is 2. The third-order valence-electron chi connectivity index (χ3n) is 3.85. The van der Waals surface area contributed by atoms with E-state index < -0.39 is 18.0 Å². The minimum Gasteiger partial charge on any atom is -0.496 e. The van der Waals surface area contributed by atoms with Crippen molar-refractivity contribution in [2.45, 2.75) is 13.0 Å². The number of nitrogens with one attached hydrogen (secondary N) is 1. The molecule has 0 saturated heterocycles. The van der Waals surface area contributed by atoms with Crippen molar-refractivity contribution >= 4 is 33.5 Å². The predicted octanol–water partition coefficient (Wildman–Crippen LogP) is 3.41. The number of rotatable bonds is 5. The fraction of sp³-hybridized carbons (Fsp3) is 0.263. The highest BCUT2D eigenvalue weighted by atomic mass is 79.9. The molecule has 7 nitrogen and oxygen atoms in total. The molecule has 142 valence electrons. The standard InChI is InChI=1S/C19H18BrNO6/c1-11(27-19(23)12-3-5-15(24-2)14(20)9-12)18(22)21-13-4-6-16-17(10-13)26-8-7-25-16/h3-6,9-11H,7-8H2,1-2H3,(H,21,22). The maximum atomic E-state index is 12.3. The second-order valence-electron chi connectivity index (χ2n) is 5.74. The summed E-state index contributed by atoms with van der Waals surface area (Å²) in [6.45, 7) is 2.45. The molecule has 0 fully saturated rings. The van der Waals surface area contributed by atoms with Gasteiger partial charge in [0.15, 0.2) is 17.6 Å². The molecular weight excluding hydrogens is 418 g/mol. The zero-order valence-electron chi connectivity index (χ0n) is 14.8. The molecule has 2 aromatic carbocycles. The fourth-order valence-corrected chi connectivity index (χ4v) is 2.98. The summed E-state index contributed by atoms with van der Waals surface area (Å²) in [5.41, 5.74) is 0.834. The second-order valence-corrected chi connectivity index (χ2v) is 6.60. The maximum absolute atomic E-state index is 12.3. The molecule has 1 unspecified atom stereocenters. The highest BCUT2D eigenvalue weighted by molar-refractivity contribution is 9.10. The fourth-order valence-electron chi connectivity index (χ4n) is 2.44. The van der Waals surface area contributed by atoms with Crippen molar-refractivity contribution in [1.29, 1.82) is 0 Å². The quantitative estimate of drug-likeness (QED) is 0.724. The van der Waals surface area contributed by atoms with Gasteiger partial charge in [-0.25, -0.2) is 4.79 Å². The van der Waals surface area contributed by atoms with Crippen molar-refractivity contribution in [3.05, 3.63) is 46.4 Å². The van der Waals surface area contributed by atoms with E-state index in [0.717, 1.165) is 0 Å². The number of hydrogen-bond donors (Lipinski definition) is 1. The van der Waals surface area contributed by atoms with Crippen LogP contribution in [0.2, 0.25) is 0 Å². The molecule has 1 amide bonds. The van der Waals surface area contributed by atoms with Crippen molar-refractivity contribution in [2.24, 2.45) is 0 Å². The first kappa shape index (κ1) is 19.0. The third kappa shape index (κ3) is 4.51. The first-order valence-electron chi connectivity index (χ1n) is 8.23. The van der Waals surface area contributed by atoms with E-state index in [1.54, 1.807) is 36.4 Å². The Hall–Kier alpha value is -2.74. The number of hydrogen-bond acceptors (Lipinski definition) is 6. The monoisotopic (exact) mass is 435 g/mol. The lowest BCUT2D eigenvalue weighted by Gasteiger charge is -2.19. The summed E-state index contributed by atoms with van der Waals surface area (Å²) in [5, 5.41) is 2.70. The van der Waals surface area contributed by atoms with Crippen LogP contribution in [0.15, 0.2) is 40.9 Å². The average molecular weight is 436 g/mol. The Kier molecular flexibility index (Phi) is 5.85. The Balaban J connectivity index is 1.62. The minimum atomic E-state index is -0.980. The second kappa shape index (κ2) is 8.30. The lowest BCUT2D eigenvalue weighted by molar-refractivity contribution is -0.123. The Bertz CT molecular complexity index is 869. The summed E-state index contributed by atoms with van der Waals surface area (Å²) in [6.07, 6.45) is -0.980. The molecule has 1 atom stereocenters. The summed E-state index contributed by atoms with van der Waals surface area (Å²) < 4.78 is 21.9. The van der Waals surface area contributed by atoms with Crippen molar-refractivity contribution < 1.29 is 28.5 Å². The third-order valence-corrected chi connectivity index (χ3v) is 4.47. The number of esters is 1. The average Bonchev–Trinajstić information content (AvgIpc) is 2.67. The molecule has 2 aromatic rings. The number of halogens is 1. The van der Waals surface area contributed by atoms with Crippen LogP contribution in [0, 0.1) is 0 Å². The van der Waals surface area contributed by atoms with E-state index >= 15 is 0 Å². The molecule has 0 aromatic heterocycles. The SMILES string of the molecule is COc1ccc(C(=O)OC(C)C(=O)Nc2ccc3c(c2)OCCO3)cc1Br. The lowest BCUT2D eigenvalue weighted by Crippen LogP contribution is -2.30. The van der Waals surface area contributed by atoms with Crippen LogP contribution < -0.4 is 19.5 Å². The molecule has 1 aliphatic heterocycles. The van der Waals surface area contributed by atoms with Gasteiger partial charge in [-0.05, 0) is 53.2 Å². The van der Waals surface area contributed by atoms with Crippen molar-refractivity contribution in [3.63, 3.8) is 0 Å². The van der Waals surface area contributed by atoms with E-state index in [0.29, 0.717) is 46.2 Å². The van der Waals surface area contributed by atoms with Crippen molar-refractivity contribution in [2.75, 3.05) is 25.6 Å². The van der Waals surface area contributed by atoms with Gasteiger partial charge in [0.1, 0.15) is 19.0 Å². The van der Waals surface area contributed by atoms with Gasteiger partial charge in [0.25, 0.3) is 5.91 Å². The largest absolute Gasteiger partial charge is 0.496 e. The van der Waals surface area contributed by atoms with Gasteiger partial charge in [0, 0.05) is 11.8 Å². The van der Waals surface area contributed by atoms with E-state index in [4.69, 9.17) is 18.9 Å². The summed E-state index contributed by atoms with van der Waals surface area (Å²) in [7, 11) is 1.53. The molecule has 27 heavy (non-hydrogen) atoms. The Morgan fingerprint density at radius 1 is 1.11 bits per heavy atom. The first-order chi connectivity index (χ1) is 13.0. The van der Waals surface area contributed by atoms with Crippen LogP contribution in [0.1, 0.15) is 17.3 Å². The number of ether oxygens (including phenoxy) is 4. The number of methoxy groups -OCH3 is 1. The van der Waals surface area contributed by atoms with Gasteiger partial charge in [-0.1, -0.05) is 0 Å². The van der Waals surface area contributed by atoms with Crippen LogP contribution in [0.3, 0.4) is 0 Å². The van der Waals surface area contributed by atoms with E-state index in [-0.39, 0.29) is 0 Å². The number of amides is 1. The Morgan fingerprint density at radius 3 is 2.56 bits per heavy atom. The molecule has 3 rings (SSSR count). The number of carbonyl (C=O) groups excluding carboxylic acids is 2. The molecule has 1 N–H and O–H groups in total. The molecule has 1 aliphatic rings. The normalized spacial score (nSPS) is 13.4. The Morgan fingerprint density at radius 2 is 1.85 bits per heavy atom. The molecule has 0 bridgehead atoms. The minimum absolute atomic E-state index is 0.307. The van der Waals surface area contributed by atoms with Gasteiger partial charge in [-0.3, -0.25) is 4.79 Å². The van der Waals surface area contributed by atoms with Gasteiger partial charge in [0.05, 0.1) is 17.1 Å². The maximum Gasteiger partial charge on any atom is 0.338 e. The van der Waals surface area contributed by atoms with E-state index in [9.17, 15) is 9.59 Å². The van der Waals surface area contributed by atoms with Gasteiger partial charge in [0.2, 0.25) is 0 Å². The molecule has 0 radical (unpaired) electrons. The first-order valence-corrected chi connectivity index (χ1v) is 9.02. The van der Waals surface area contributed by atoms with Crippen LogP contribution in [0.4, 0.5) is 5.69 Å². The van der Waals surface area contributed by atoms with Gasteiger partial charge < -0.3 is 24.3 Å². The van der Waals surface area contributed by atoms with Crippen LogP contribution in [0.25, 0.3) is 0 Å². The lowest BCUT2D eigenvalue weighted by atomic mass is 10.2. The molecular formula is C19H18BrNO6. The van der Waals surface area contributed by atoms with Crippen LogP contribution >= 0.6 is 15.9 Å². The van der Waals surface area contributed by atoms with Crippen LogP contribution in [-0.4, -0.2) is 38.3 Å². The van der Waals surface area contributed by atoms with E-state index in [1.165, 1.54) is 14.0 Å². The van der Waals surface area contributed by atoms with Crippen LogP contribution in [0.5, 0.6) is 17.2 Å². The van der Waals surface area contributed by atoms with E-state index in [1.807, 2.05) is 0 Å². The van der Waals surface area contributed by atoms with E-state index in [2.05, 4.69) is 21.2 Å². The molecule has 0 spiro atoms. The van der Waals surface area contributed by atoms with Crippen molar-refractivity contribution in [1.82, 2.24) is 0 Å².